The lowest BCUT2D eigenvalue weighted by Crippen LogP contribution is -2.43. The van der Waals surface area contributed by atoms with Crippen LogP contribution in [0.2, 0.25) is 0 Å². The predicted molar refractivity (Wildman–Crippen MR) is 70.9 cm³/mol. The van der Waals surface area contributed by atoms with Crippen LogP contribution < -0.4 is 0 Å². The largest absolute Gasteiger partial charge is 0.492 e. The zero-order valence-electron chi connectivity index (χ0n) is 11.2. The van der Waals surface area contributed by atoms with E-state index in [1.165, 1.54) is 10.9 Å². The first-order chi connectivity index (χ1) is 10.6. The monoisotopic (exact) mass is 301 g/mol. The fraction of sp³-hybridized carbons (Fsp3) is 0.385. The van der Waals surface area contributed by atoms with E-state index >= 15 is 0 Å². The van der Waals surface area contributed by atoms with Crippen LogP contribution in [0.4, 0.5) is 0 Å². The molecule has 1 saturated heterocycles. The Bertz CT molecular complexity index is 807. The lowest BCUT2D eigenvalue weighted by atomic mass is 9.91. The molecule has 2 aromatic rings. The molecule has 2 aromatic heterocycles. The molecule has 0 spiro atoms. The summed E-state index contributed by atoms with van der Waals surface area (Å²) < 4.78 is 6.94. The van der Waals surface area contributed by atoms with Crippen LogP contribution in [0.5, 0.6) is 5.88 Å². The Morgan fingerprint density at radius 3 is 2.86 bits per heavy atom. The number of terminal acetylenes is 1. The maximum absolute atomic E-state index is 10.2. The Labute approximate surface area is 124 Å². The summed E-state index contributed by atoms with van der Waals surface area (Å²) in [6.07, 6.45) is 5.37. The van der Waals surface area contributed by atoms with Gasteiger partial charge in [-0.3, -0.25) is 4.57 Å². The summed E-state index contributed by atoms with van der Waals surface area (Å²) in [6.45, 7) is -0.647. The second kappa shape index (κ2) is 4.93. The highest BCUT2D eigenvalue weighted by Crippen LogP contribution is 2.42. The maximum Gasteiger partial charge on any atom is 0.242 e. The zero-order chi connectivity index (χ0) is 15.9. The molecule has 4 atom stereocenters. The third kappa shape index (κ3) is 1.74. The highest BCUT2D eigenvalue weighted by molar-refractivity contribution is 5.75. The lowest BCUT2D eigenvalue weighted by molar-refractivity contribution is -0.0895. The van der Waals surface area contributed by atoms with E-state index in [1.54, 1.807) is 0 Å². The number of nitriles is 1. The van der Waals surface area contributed by atoms with Crippen molar-refractivity contribution in [1.29, 1.82) is 5.26 Å². The Balaban J connectivity index is 2.13. The van der Waals surface area contributed by atoms with E-state index in [0.29, 0.717) is 0 Å². The number of rotatable bonds is 2. The number of aliphatic hydroxyl groups is 2. The van der Waals surface area contributed by atoms with E-state index < -0.39 is 30.5 Å². The number of nitrogens with zero attached hydrogens (tertiary/aromatic N) is 5. The van der Waals surface area contributed by atoms with Gasteiger partial charge in [-0.05, 0) is 0 Å². The third-order valence-electron chi connectivity index (χ3n) is 3.70. The molecule has 1 aliphatic heterocycles. The van der Waals surface area contributed by atoms with E-state index in [0.717, 1.165) is 6.33 Å². The fourth-order valence-electron chi connectivity index (χ4n) is 2.49. The summed E-state index contributed by atoms with van der Waals surface area (Å²) in [5.41, 5.74) is -1.34. The van der Waals surface area contributed by atoms with E-state index in [2.05, 4.69) is 20.9 Å². The first kappa shape index (κ1) is 14.2. The van der Waals surface area contributed by atoms with Gasteiger partial charge in [0.25, 0.3) is 0 Å². The molecule has 3 rings (SSSR count). The van der Waals surface area contributed by atoms with Gasteiger partial charge in [-0.1, -0.05) is 5.92 Å². The van der Waals surface area contributed by atoms with Crippen LogP contribution in [-0.4, -0.2) is 53.2 Å². The smallest absolute Gasteiger partial charge is 0.242 e. The molecular formula is C13H11N5O4. The molecule has 9 heteroatoms. The molecule has 0 aliphatic carbocycles. The van der Waals surface area contributed by atoms with Crippen molar-refractivity contribution in [3.8, 4) is 24.3 Å². The molecule has 3 heterocycles. The molecule has 112 valence electrons. The predicted octanol–water partition coefficient (Wildman–Crippen LogP) is -1.07. The van der Waals surface area contributed by atoms with E-state index in [4.69, 9.17) is 11.2 Å². The number of imidazole rings is 1. The summed E-state index contributed by atoms with van der Waals surface area (Å²) in [5, 5.41) is 38.6. The zero-order valence-corrected chi connectivity index (χ0v) is 11.2. The number of aliphatic hydroxyl groups excluding tert-OH is 2. The normalized spacial score (nSPS) is 31.0. The number of fused-ring (bicyclic) bond motifs is 1. The van der Waals surface area contributed by atoms with Crippen molar-refractivity contribution >= 4 is 11.2 Å². The Morgan fingerprint density at radius 1 is 1.45 bits per heavy atom. The van der Waals surface area contributed by atoms with Crippen molar-refractivity contribution in [3.63, 3.8) is 0 Å². The molecule has 1 fully saturated rings. The summed E-state index contributed by atoms with van der Waals surface area (Å²) in [4.78, 5) is 11.5. The molecule has 0 radical (unpaired) electrons. The van der Waals surface area contributed by atoms with Gasteiger partial charge in [0.1, 0.15) is 18.3 Å². The highest BCUT2D eigenvalue weighted by atomic mass is 16.6. The number of aromatic hydroxyl groups is 1. The Hall–Kier alpha value is -2.72. The fourth-order valence-corrected chi connectivity index (χ4v) is 2.49. The minimum Gasteiger partial charge on any atom is -0.492 e. The topological polar surface area (TPSA) is 137 Å². The minimum absolute atomic E-state index is 0.125. The molecule has 0 bridgehead atoms. The number of ether oxygens (including phenoxy) is 1. The van der Waals surface area contributed by atoms with Gasteiger partial charge in [0.2, 0.25) is 5.88 Å². The summed E-state index contributed by atoms with van der Waals surface area (Å²) >= 11 is 0. The van der Waals surface area contributed by atoms with Crippen molar-refractivity contribution in [2.24, 2.45) is 5.92 Å². The van der Waals surface area contributed by atoms with Gasteiger partial charge in [-0.25, -0.2) is 9.97 Å². The molecule has 0 saturated carbocycles. The minimum atomic E-state index is -1.68. The lowest BCUT2D eigenvalue weighted by Gasteiger charge is -2.23. The van der Waals surface area contributed by atoms with Crippen LogP contribution in [0, 0.1) is 29.6 Å². The standard InChI is InChI=1S/C13H11N5O4/c1-2-13(4-19)9(20)7(3-14)12(22-13)18-6-17-8-10(18)15-5-16-11(8)21/h1,5-7,9,12,19-20H,4H2,(H,15,16,21)/t7-,9-,12+,13?/m0/s1. The van der Waals surface area contributed by atoms with Crippen LogP contribution in [0.3, 0.4) is 0 Å². The Morgan fingerprint density at radius 2 is 2.23 bits per heavy atom. The quantitative estimate of drug-likeness (QED) is 0.596. The van der Waals surface area contributed by atoms with E-state index in [-0.39, 0.29) is 17.0 Å². The van der Waals surface area contributed by atoms with Gasteiger partial charge in [0.05, 0.1) is 19.0 Å². The summed E-state index contributed by atoms with van der Waals surface area (Å²) in [7, 11) is 0. The van der Waals surface area contributed by atoms with Gasteiger partial charge < -0.3 is 20.1 Å². The summed E-state index contributed by atoms with van der Waals surface area (Å²) in [5.74, 6) is 0.841. The van der Waals surface area contributed by atoms with Crippen LogP contribution in [0.1, 0.15) is 6.23 Å². The van der Waals surface area contributed by atoms with Crippen molar-refractivity contribution in [2.75, 3.05) is 6.61 Å². The SMILES string of the molecule is C#CC1(CO)O[C@@H](n2cnc3c(O)ncnc32)[C@@H](C#N)[C@@H]1O. The molecule has 3 N–H and O–H groups in total. The molecular weight excluding hydrogens is 290 g/mol. The molecule has 0 aromatic carbocycles. The van der Waals surface area contributed by atoms with Gasteiger partial charge >= 0.3 is 0 Å². The van der Waals surface area contributed by atoms with Crippen LogP contribution in [0.15, 0.2) is 12.7 Å². The molecule has 0 amide bonds. The maximum atomic E-state index is 10.2. The van der Waals surface area contributed by atoms with Gasteiger partial charge in [0, 0.05) is 0 Å². The van der Waals surface area contributed by atoms with Gasteiger partial charge in [-0.15, -0.1) is 6.42 Å². The van der Waals surface area contributed by atoms with Crippen LogP contribution >= 0.6 is 0 Å². The van der Waals surface area contributed by atoms with E-state index in [1.807, 2.05) is 6.07 Å². The van der Waals surface area contributed by atoms with Gasteiger partial charge in [-0.2, -0.15) is 10.2 Å². The van der Waals surface area contributed by atoms with Crippen molar-refractivity contribution in [3.05, 3.63) is 12.7 Å². The Kier molecular flexibility index (Phi) is 3.19. The van der Waals surface area contributed by atoms with Crippen LogP contribution in [-0.2, 0) is 4.74 Å². The average molecular weight is 301 g/mol. The number of aromatic nitrogens is 4. The third-order valence-corrected chi connectivity index (χ3v) is 3.70. The molecule has 1 aliphatic rings. The van der Waals surface area contributed by atoms with Crippen molar-refractivity contribution in [1.82, 2.24) is 19.5 Å². The van der Waals surface area contributed by atoms with E-state index in [9.17, 15) is 20.6 Å². The van der Waals surface area contributed by atoms with Gasteiger partial charge in [0.15, 0.2) is 23.0 Å². The molecule has 9 nitrogen and oxygen atoms in total. The highest BCUT2D eigenvalue weighted by Gasteiger charge is 2.55. The first-order valence-electron chi connectivity index (χ1n) is 6.28. The first-order valence-corrected chi connectivity index (χ1v) is 6.28. The average Bonchev–Trinajstić information content (AvgIpc) is 3.07. The van der Waals surface area contributed by atoms with Crippen molar-refractivity contribution in [2.45, 2.75) is 17.9 Å². The molecule has 22 heavy (non-hydrogen) atoms. The van der Waals surface area contributed by atoms with Crippen molar-refractivity contribution < 1.29 is 20.1 Å². The molecule has 1 unspecified atom stereocenters. The number of hydrogen-bond acceptors (Lipinski definition) is 8. The second-order valence-corrected chi connectivity index (χ2v) is 4.82. The number of hydrogen-bond donors (Lipinski definition) is 3. The second-order valence-electron chi connectivity index (χ2n) is 4.82. The summed E-state index contributed by atoms with van der Waals surface area (Å²) in [6, 6.07) is 1.92. The van der Waals surface area contributed by atoms with Crippen LogP contribution in [0.25, 0.3) is 11.2 Å².